The standard InChI is InChI=1S/C30H42N4O4S2/c1-6-10-12-21(8-3)18-34-28(36)25(40-30(34)39)16-23-20(5)24(17-31)27(35)33(14-7-2)26(23)32-15-11-13-22(19-32)29(37)38-9-4/h16,21-22H,6-15,18-19H2,1-5H3/b25-16-. The summed E-state index contributed by atoms with van der Waals surface area (Å²) in [6.07, 6.45) is 8.22. The second-order valence-corrected chi connectivity index (χ2v) is 12.2. The molecule has 1 aromatic heterocycles. The van der Waals surface area contributed by atoms with Crippen LogP contribution in [0.1, 0.15) is 89.3 Å². The van der Waals surface area contributed by atoms with Crippen molar-refractivity contribution in [2.24, 2.45) is 11.8 Å². The van der Waals surface area contributed by atoms with Gasteiger partial charge in [-0.15, -0.1) is 0 Å². The molecule has 3 heterocycles. The molecule has 0 aromatic carbocycles. The number of piperidine rings is 1. The third-order valence-electron chi connectivity index (χ3n) is 7.77. The van der Waals surface area contributed by atoms with Gasteiger partial charge >= 0.3 is 5.97 Å². The van der Waals surface area contributed by atoms with Crippen LogP contribution < -0.4 is 10.5 Å². The smallest absolute Gasteiger partial charge is 0.310 e. The van der Waals surface area contributed by atoms with Gasteiger partial charge in [-0.3, -0.25) is 23.9 Å². The molecule has 10 heteroatoms. The number of pyridine rings is 1. The first-order chi connectivity index (χ1) is 19.2. The fraction of sp³-hybridized carbons (Fsp3) is 0.633. The van der Waals surface area contributed by atoms with Gasteiger partial charge in [0.05, 0.1) is 17.4 Å². The van der Waals surface area contributed by atoms with E-state index in [1.807, 2.05) is 6.92 Å². The van der Waals surface area contributed by atoms with Crippen molar-refractivity contribution < 1.29 is 14.3 Å². The van der Waals surface area contributed by atoms with Crippen molar-refractivity contribution in [3.05, 3.63) is 31.9 Å². The van der Waals surface area contributed by atoms with Gasteiger partial charge in [-0.1, -0.05) is 64.0 Å². The van der Waals surface area contributed by atoms with Crippen LogP contribution in [0, 0.1) is 30.1 Å². The number of esters is 1. The van der Waals surface area contributed by atoms with Gasteiger partial charge in [-0.2, -0.15) is 5.26 Å². The van der Waals surface area contributed by atoms with Crippen molar-refractivity contribution in [1.82, 2.24) is 9.47 Å². The van der Waals surface area contributed by atoms with Crippen molar-refractivity contribution in [3.63, 3.8) is 0 Å². The van der Waals surface area contributed by atoms with Gasteiger partial charge in [0, 0.05) is 31.7 Å². The first kappa shape index (κ1) is 31.9. The first-order valence-electron chi connectivity index (χ1n) is 14.6. The number of carbonyl (C=O) groups excluding carboxylic acids is 2. The Morgan fingerprint density at radius 3 is 2.62 bits per heavy atom. The van der Waals surface area contributed by atoms with Crippen LogP contribution in [-0.2, 0) is 20.9 Å². The summed E-state index contributed by atoms with van der Waals surface area (Å²) in [6, 6.07) is 2.10. The van der Waals surface area contributed by atoms with Crippen molar-refractivity contribution in [1.29, 1.82) is 5.26 Å². The van der Waals surface area contributed by atoms with Crippen LogP contribution in [-0.4, -0.2) is 51.9 Å². The lowest BCUT2D eigenvalue weighted by molar-refractivity contribution is -0.148. The molecule has 0 radical (unpaired) electrons. The van der Waals surface area contributed by atoms with Crippen molar-refractivity contribution in [2.75, 3.05) is 31.1 Å². The van der Waals surface area contributed by atoms with Crippen LogP contribution in [0.5, 0.6) is 0 Å². The summed E-state index contributed by atoms with van der Waals surface area (Å²) in [5, 5.41) is 9.93. The number of thiocarbonyl (C=S) groups is 1. The van der Waals surface area contributed by atoms with E-state index in [-0.39, 0.29) is 28.9 Å². The maximum atomic E-state index is 13.6. The predicted molar refractivity (Wildman–Crippen MR) is 165 cm³/mol. The van der Waals surface area contributed by atoms with Crippen LogP contribution in [0.3, 0.4) is 0 Å². The highest BCUT2D eigenvalue weighted by molar-refractivity contribution is 8.26. The van der Waals surface area contributed by atoms with Gasteiger partial charge in [-0.05, 0) is 57.1 Å². The summed E-state index contributed by atoms with van der Waals surface area (Å²) < 4.78 is 7.49. The van der Waals surface area contributed by atoms with E-state index in [2.05, 4.69) is 24.8 Å². The van der Waals surface area contributed by atoms with E-state index in [4.69, 9.17) is 17.0 Å². The first-order valence-corrected chi connectivity index (χ1v) is 15.8. The second kappa shape index (κ2) is 14.8. The van der Waals surface area contributed by atoms with Crippen LogP contribution >= 0.6 is 24.0 Å². The number of rotatable bonds is 12. The lowest BCUT2D eigenvalue weighted by Crippen LogP contribution is -2.43. The summed E-state index contributed by atoms with van der Waals surface area (Å²) in [7, 11) is 0. The number of hydrogen-bond acceptors (Lipinski definition) is 8. The topological polar surface area (TPSA) is 95.6 Å². The van der Waals surface area contributed by atoms with Gasteiger partial charge in [0.25, 0.3) is 11.5 Å². The average Bonchev–Trinajstić information content (AvgIpc) is 3.21. The summed E-state index contributed by atoms with van der Waals surface area (Å²) in [4.78, 5) is 44.0. The number of thioether (sulfide) groups is 1. The summed E-state index contributed by atoms with van der Waals surface area (Å²) >= 11 is 6.92. The Labute approximate surface area is 247 Å². The molecule has 218 valence electrons. The maximum Gasteiger partial charge on any atom is 0.310 e. The van der Waals surface area contributed by atoms with Crippen LogP contribution in [0.2, 0.25) is 0 Å². The molecule has 8 nitrogen and oxygen atoms in total. The Morgan fingerprint density at radius 2 is 2.00 bits per heavy atom. The molecule has 2 atom stereocenters. The number of hydrogen-bond donors (Lipinski definition) is 0. The van der Waals surface area contributed by atoms with E-state index >= 15 is 0 Å². The SMILES string of the molecule is CCCCC(CC)CN1C(=O)/C(=C/c2c(C)c(C#N)c(=O)n(CCC)c2N2CCCC(C(=O)OCC)C2)SC1=S. The van der Waals surface area contributed by atoms with Crippen molar-refractivity contribution >= 4 is 52.1 Å². The van der Waals surface area contributed by atoms with Crippen LogP contribution in [0.4, 0.5) is 5.82 Å². The quantitative estimate of drug-likeness (QED) is 0.177. The van der Waals surface area contributed by atoms with Crippen LogP contribution in [0.25, 0.3) is 6.08 Å². The molecule has 2 aliphatic heterocycles. The third-order valence-corrected chi connectivity index (χ3v) is 9.15. The normalized spacial score (nSPS) is 19.3. The Bertz CT molecular complexity index is 1250. The number of ether oxygens (including phenoxy) is 1. The molecule has 0 saturated carbocycles. The number of aromatic nitrogens is 1. The minimum Gasteiger partial charge on any atom is -0.466 e. The monoisotopic (exact) mass is 586 g/mol. The summed E-state index contributed by atoms with van der Waals surface area (Å²) in [5.74, 6) is 0.346. The molecule has 2 aliphatic rings. The van der Waals surface area contributed by atoms with Crippen molar-refractivity contribution in [3.8, 4) is 6.07 Å². The molecule has 0 bridgehead atoms. The zero-order chi connectivity index (χ0) is 29.4. The van der Waals surface area contributed by atoms with E-state index in [0.29, 0.717) is 77.7 Å². The fourth-order valence-corrected chi connectivity index (χ4v) is 6.76. The van der Waals surface area contributed by atoms with E-state index in [0.717, 1.165) is 32.1 Å². The average molecular weight is 587 g/mol. The number of nitriles is 1. The number of nitrogens with zero attached hydrogens (tertiary/aromatic N) is 4. The predicted octanol–water partition coefficient (Wildman–Crippen LogP) is 5.64. The molecule has 40 heavy (non-hydrogen) atoms. The van der Waals surface area contributed by atoms with E-state index in [9.17, 15) is 19.6 Å². The molecule has 2 fully saturated rings. The zero-order valence-corrected chi connectivity index (χ0v) is 26.1. The second-order valence-electron chi connectivity index (χ2n) is 10.6. The minimum absolute atomic E-state index is 0.0727. The lowest BCUT2D eigenvalue weighted by atomic mass is 9.96. The highest BCUT2D eigenvalue weighted by Gasteiger charge is 2.35. The molecule has 2 saturated heterocycles. The third kappa shape index (κ3) is 6.98. The summed E-state index contributed by atoms with van der Waals surface area (Å²) in [5.41, 5.74) is 0.922. The molecule has 0 N–H and O–H groups in total. The molecule has 0 spiro atoms. The Morgan fingerprint density at radius 1 is 1.25 bits per heavy atom. The molecule has 1 aromatic rings. The van der Waals surface area contributed by atoms with Crippen molar-refractivity contribution in [2.45, 2.75) is 86.1 Å². The van der Waals surface area contributed by atoms with Gasteiger partial charge in [0.2, 0.25) is 0 Å². The largest absolute Gasteiger partial charge is 0.466 e. The number of anilines is 1. The Balaban J connectivity index is 2.11. The van der Waals surface area contributed by atoms with Crippen LogP contribution in [0.15, 0.2) is 9.70 Å². The molecular formula is C30H42N4O4S2. The highest BCUT2D eigenvalue weighted by atomic mass is 32.2. The Kier molecular flexibility index (Phi) is 11.8. The van der Waals surface area contributed by atoms with Gasteiger partial charge in [0.1, 0.15) is 21.8 Å². The number of unbranched alkanes of at least 4 members (excludes halogenated alkanes) is 1. The maximum absolute atomic E-state index is 13.6. The zero-order valence-electron chi connectivity index (χ0n) is 24.5. The molecule has 1 amide bonds. The van der Waals surface area contributed by atoms with E-state index < -0.39 is 0 Å². The Hall–Kier alpha value is -2.64. The molecule has 3 rings (SSSR count). The lowest BCUT2D eigenvalue weighted by Gasteiger charge is -2.36. The molecular weight excluding hydrogens is 544 g/mol. The summed E-state index contributed by atoms with van der Waals surface area (Å²) in [6.45, 7) is 12.2. The minimum atomic E-state index is -0.346. The van der Waals surface area contributed by atoms with Gasteiger partial charge in [0.15, 0.2) is 0 Å². The molecule has 2 unspecified atom stereocenters. The molecule has 0 aliphatic carbocycles. The van der Waals surface area contributed by atoms with E-state index in [1.165, 1.54) is 11.8 Å². The number of amides is 1. The fourth-order valence-electron chi connectivity index (χ4n) is 5.50. The van der Waals surface area contributed by atoms with Gasteiger partial charge in [-0.25, -0.2) is 0 Å². The number of carbonyl (C=O) groups is 2. The van der Waals surface area contributed by atoms with E-state index in [1.54, 1.807) is 29.4 Å². The highest BCUT2D eigenvalue weighted by Crippen LogP contribution is 2.37. The van der Waals surface area contributed by atoms with Gasteiger partial charge < -0.3 is 9.64 Å².